The Bertz CT molecular complexity index is 1740. The zero-order valence-electron chi connectivity index (χ0n) is 21.8. The van der Waals surface area contributed by atoms with Gasteiger partial charge in [-0.25, -0.2) is 9.55 Å². The van der Waals surface area contributed by atoms with Crippen molar-refractivity contribution in [3.05, 3.63) is 89.6 Å². The average Bonchev–Trinajstić information content (AvgIpc) is 3.37. The third-order valence-electron chi connectivity index (χ3n) is 7.41. The Balaban J connectivity index is 1.78. The maximum atomic E-state index is 6.10. The van der Waals surface area contributed by atoms with Gasteiger partial charge in [0.25, 0.3) is 5.82 Å². The summed E-state index contributed by atoms with van der Waals surface area (Å²) in [6, 6.07) is 24.0. The van der Waals surface area contributed by atoms with Crippen molar-refractivity contribution in [1.82, 2.24) is 9.55 Å². The Kier molecular flexibility index (Phi) is 5.22. The van der Waals surface area contributed by atoms with Crippen molar-refractivity contribution < 1.29 is 8.98 Å². The van der Waals surface area contributed by atoms with Crippen LogP contribution in [0.5, 0.6) is 0 Å². The van der Waals surface area contributed by atoms with E-state index in [4.69, 9.17) is 4.42 Å². The summed E-state index contributed by atoms with van der Waals surface area (Å²) in [5.41, 5.74) is 10.4. The minimum Gasteiger partial charge on any atom is -0.438 e. The highest BCUT2D eigenvalue weighted by atomic mass is 16.3. The van der Waals surface area contributed by atoms with Crippen LogP contribution in [0.15, 0.2) is 77.3 Å². The molecular formula is C32H32N3O+. The molecule has 6 rings (SSSR count). The van der Waals surface area contributed by atoms with Crippen LogP contribution >= 0.6 is 0 Å². The lowest BCUT2D eigenvalue weighted by molar-refractivity contribution is -0.633. The molecule has 3 aromatic carbocycles. The Morgan fingerprint density at radius 1 is 0.833 bits per heavy atom. The highest BCUT2D eigenvalue weighted by molar-refractivity contribution is 6.05. The van der Waals surface area contributed by atoms with Gasteiger partial charge in [-0.05, 0) is 60.7 Å². The molecular weight excluding hydrogens is 442 g/mol. The number of hydrogen-bond acceptors (Lipinski definition) is 2. The Morgan fingerprint density at radius 2 is 1.56 bits per heavy atom. The van der Waals surface area contributed by atoms with Crippen molar-refractivity contribution >= 4 is 33.1 Å². The van der Waals surface area contributed by atoms with Crippen LogP contribution in [0.4, 0.5) is 0 Å². The summed E-state index contributed by atoms with van der Waals surface area (Å²) < 4.78 is 10.9. The molecule has 4 nitrogen and oxygen atoms in total. The Hall–Kier alpha value is -3.92. The largest absolute Gasteiger partial charge is 0.438 e. The first-order chi connectivity index (χ1) is 17.4. The van der Waals surface area contributed by atoms with Crippen LogP contribution in [0.3, 0.4) is 0 Å². The summed E-state index contributed by atoms with van der Waals surface area (Å²) in [4.78, 5) is 4.45. The number of para-hydroxylation sites is 3. The summed E-state index contributed by atoms with van der Waals surface area (Å²) >= 11 is 0. The van der Waals surface area contributed by atoms with Crippen molar-refractivity contribution in [3.8, 4) is 17.1 Å². The average molecular weight is 475 g/mol. The second kappa shape index (κ2) is 8.34. The number of pyridine rings is 1. The summed E-state index contributed by atoms with van der Waals surface area (Å²) in [7, 11) is 2.18. The molecule has 0 aliphatic carbocycles. The Labute approximate surface area is 211 Å². The normalized spacial score (nSPS) is 12.1. The number of imidazole rings is 1. The van der Waals surface area contributed by atoms with Crippen LogP contribution in [0.2, 0.25) is 0 Å². The molecule has 3 aromatic heterocycles. The van der Waals surface area contributed by atoms with Crippen LogP contribution in [0.1, 0.15) is 56.2 Å². The Morgan fingerprint density at radius 3 is 2.28 bits per heavy atom. The standard InChI is InChI=1S/C32H32N3O/c1-19(2)22-11-9-12-23(20(3)4)30(22)35-28-15-8-7-14-27(28)34(6)32(35)25-18-26-24-13-10-16-33-31(24)36-29(26)17-21(25)5/h7-20H,1-6H3/q+1. The molecule has 0 fully saturated rings. The highest BCUT2D eigenvalue weighted by Gasteiger charge is 2.31. The zero-order valence-corrected chi connectivity index (χ0v) is 21.8. The maximum absolute atomic E-state index is 6.10. The maximum Gasteiger partial charge on any atom is 0.295 e. The number of aryl methyl sites for hydroxylation is 2. The zero-order chi connectivity index (χ0) is 25.1. The molecule has 0 saturated carbocycles. The van der Waals surface area contributed by atoms with E-state index in [1.54, 1.807) is 6.20 Å². The van der Waals surface area contributed by atoms with Gasteiger partial charge in [-0.15, -0.1) is 0 Å². The number of rotatable bonds is 4. The minimum atomic E-state index is 0.394. The summed E-state index contributed by atoms with van der Waals surface area (Å²) in [5.74, 6) is 1.96. The lowest BCUT2D eigenvalue weighted by Crippen LogP contribution is -2.30. The van der Waals surface area contributed by atoms with Gasteiger partial charge < -0.3 is 4.42 Å². The first kappa shape index (κ1) is 22.5. The number of furan rings is 1. The first-order valence-electron chi connectivity index (χ1n) is 12.8. The van der Waals surface area contributed by atoms with E-state index >= 15 is 0 Å². The van der Waals surface area contributed by atoms with Crippen LogP contribution in [-0.4, -0.2) is 9.55 Å². The van der Waals surface area contributed by atoms with E-state index in [0.717, 1.165) is 16.4 Å². The molecule has 0 spiro atoms. The van der Waals surface area contributed by atoms with Crippen LogP contribution in [0.25, 0.3) is 50.2 Å². The van der Waals surface area contributed by atoms with Gasteiger partial charge >= 0.3 is 0 Å². The third-order valence-corrected chi connectivity index (χ3v) is 7.41. The van der Waals surface area contributed by atoms with Gasteiger partial charge in [-0.1, -0.05) is 58.0 Å². The molecule has 36 heavy (non-hydrogen) atoms. The number of hydrogen-bond donors (Lipinski definition) is 0. The van der Waals surface area contributed by atoms with Crippen LogP contribution < -0.4 is 4.57 Å². The van der Waals surface area contributed by atoms with Gasteiger partial charge in [-0.2, -0.15) is 4.57 Å². The van der Waals surface area contributed by atoms with E-state index in [2.05, 4.69) is 116 Å². The molecule has 4 heteroatoms. The molecule has 0 N–H and O–H groups in total. The number of fused-ring (bicyclic) bond motifs is 4. The van der Waals surface area contributed by atoms with Gasteiger partial charge in [0, 0.05) is 28.1 Å². The molecule has 0 bridgehead atoms. The van der Waals surface area contributed by atoms with Gasteiger partial charge in [-0.3, -0.25) is 0 Å². The third kappa shape index (κ3) is 3.28. The van der Waals surface area contributed by atoms with Gasteiger partial charge in [0.1, 0.15) is 11.3 Å². The molecule has 0 aliphatic rings. The van der Waals surface area contributed by atoms with E-state index in [-0.39, 0.29) is 0 Å². The second-order valence-electron chi connectivity index (χ2n) is 10.4. The van der Waals surface area contributed by atoms with Crippen molar-refractivity contribution in [2.24, 2.45) is 7.05 Å². The fourth-order valence-corrected chi connectivity index (χ4v) is 5.61. The molecule has 0 aliphatic heterocycles. The van der Waals surface area contributed by atoms with Gasteiger partial charge in [0.2, 0.25) is 5.71 Å². The molecule has 0 saturated heterocycles. The number of nitrogens with zero attached hydrogens (tertiary/aromatic N) is 3. The van der Waals surface area contributed by atoms with Crippen LogP contribution in [0, 0.1) is 6.92 Å². The SMILES string of the molecule is Cc1cc2oc3ncccc3c2cc1-c1n(-c2c(C(C)C)cccc2C(C)C)c2ccccc2[n+]1C. The van der Waals surface area contributed by atoms with E-state index in [1.807, 2.05) is 6.07 Å². The van der Waals surface area contributed by atoms with Crippen LogP contribution in [-0.2, 0) is 7.05 Å². The molecule has 3 heterocycles. The topological polar surface area (TPSA) is 34.8 Å². The van der Waals surface area contributed by atoms with E-state index in [0.29, 0.717) is 17.5 Å². The van der Waals surface area contributed by atoms with Crippen molar-refractivity contribution in [3.63, 3.8) is 0 Å². The van der Waals surface area contributed by atoms with E-state index in [1.165, 1.54) is 44.8 Å². The quantitative estimate of drug-likeness (QED) is 0.243. The molecule has 180 valence electrons. The lowest BCUT2D eigenvalue weighted by atomic mass is 9.92. The van der Waals surface area contributed by atoms with Crippen molar-refractivity contribution in [2.75, 3.05) is 0 Å². The minimum absolute atomic E-state index is 0.394. The van der Waals surface area contributed by atoms with E-state index < -0.39 is 0 Å². The fourth-order valence-electron chi connectivity index (χ4n) is 5.61. The van der Waals surface area contributed by atoms with E-state index in [9.17, 15) is 0 Å². The molecule has 0 amide bonds. The van der Waals surface area contributed by atoms with Crippen molar-refractivity contribution in [2.45, 2.75) is 46.5 Å². The first-order valence-corrected chi connectivity index (χ1v) is 12.8. The van der Waals surface area contributed by atoms with Gasteiger partial charge in [0.15, 0.2) is 11.0 Å². The van der Waals surface area contributed by atoms with Gasteiger partial charge in [0.05, 0.1) is 12.6 Å². The van der Waals surface area contributed by atoms with Crippen molar-refractivity contribution in [1.29, 1.82) is 0 Å². The monoisotopic (exact) mass is 474 g/mol. The highest BCUT2D eigenvalue weighted by Crippen LogP contribution is 2.39. The summed E-state index contributed by atoms with van der Waals surface area (Å²) in [6.45, 7) is 11.3. The molecule has 0 radical (unpaired) electrons. The lowest BCUT2D eigenvalue weighted by Gasteiger charge is -2.18. The second-order valence-corrected chi connectivity index (χ2v) is 10.4. The number of benzene rings is 3. The molecule has 0 unspecified atom stereocenters. The predicted molar refractivity (Wildman–Crippen MR) is 148 cm³/mol. The summed E-state index contributed by atoms with van der Waals surface area (Å²) in [6.07, 6.45) is 1.78. The molecule has 0 atom stereocenters. The smallest absolute Gasteiger partial charge is 0.295 e. The number of aromatic nitrogens is 3. The predicted octanol–water partition coefficient (Wildman–Crippen LogP) is 7.97. The fraction of sp³-hybridized carbons (Fsp3) is 0.250. The molecule has 6 aromatic rings. The summed E-state index contributed by atoms with van der Waals surface area (Å²) in [5, 5.41) is 2.14.